The van der Waals surface area contributed by atoms with Crippen LogP contribution in [0.1, 0.15) is 5.69 Å². The van der Waals surface area contributed by atoms with Crippen LogP contribution in [0, 0.1) is 6.92 Å². The number of aromatic amines is 1. The highest BCUT2D eigenvalue weighted by atomic mass is 32.2. The van der Waals surface area contributed by atoms with Gasteiger partial charge in [0.15, 0.2) is 0 Å². The van der Waals surface area contributed by atoms with Gasteiger partial charge in [0.25, 0.3) is 0 Å². The van der Waals surface area contributed by atoms with Crippen molar-refractivity contribution < 1.29 is 0 Å². The lowest BCUT2D eigenvalue weighted by Gasteiger charge is -1.92. The summed E-state index contributed by atoms with van der Waals surface area (Å²) in [5.41, 5.74) is 2.50. The first-order valence-electron chi connectivity index (χ1n) is 3.94. The zero-order chi connectivity index (χ0) is 8.55. The molecule has 1 aromatic carbocycles. The van der Waals surface area contributed by atoms with Gasteiger partial charge < -0.3 is 4.98 Å². The van der Waals surface area contributed by atoms with E-state index in [2.05, 4.69) is 42.4 Å². The summed E-state index contributed by atoms with van der Waals surface area (Å²) in [6.45, 7) is 2.12. The van der Waals surface area contributed by atoms with E-state index in [1.807, 2.05) is 0 Å². The van der Waals surface area contributed by atoms with Crippen molar-refractivity contribution >= 4 is 22.7 Å². The lowest BCUT2D eigenvalue weighted by Crippen LogP contribution is -1.70. The molecule has 0 aliphatic rings. The van der Waals surface area contributed by atoms with Crippen LogP contribution in [0.25, 0.3) is 10.9 Å². The van der Waals surface area contributed by atoms with Gasteiger partial charge in [-0.25, -0.2) is 0 Å². The molecule has 1 N–H and O–H groups in total. The van der Waals surface area contributed by atoms with Gasteiger partial charge in [0.05, 0.1) is 0 Å². The minimum atomic E-state index is 1.24. The van der Waals surface area contributed by atoms with Crippen molar-refractivity contribution in [3.8, 4) is 0 Å². The van der Waals surface area contributed by atoms with Crippen molar-refractivity contribution in [3.63, 3.8) is 0 Å². The average molecular weight is 177 g/mol. The van der Waals surface area contributed by atoms with E-state index in [4.69, 9.17) is 0 Å². The summed E-state index contributed by atoms with van der Waals surface area (Å²) < 4.78 is 0. The second-order valence-corrected chi connectivity index (χ2v) is 3.65. The number of aromatic nitrogens is 1. The first-order valence-corrected chi connectivity index (χ1v) is 5.16. The van der Waals surface area contributed by atoms with Crippen LogP contribution in [0.4, 0.5) is 0 Å². The van der Waals surface area contributed by atoms with Crippen LogP contribution in [0.3, 0.4) is 0 Å². The van der Waals surface area contributed by atoms with Gasteiger partial charge >= 0.3 is 0 Å². The molecule has 0 fully saturated rings. The largest absolute Gasteiger partial charge is 0.358 e. The molecule has 0 saturated heterocycles. The number of para-hydroxylation sites is 1. The van der Waals surface area contributed by atoms with Gasteiger partial charge in [-0.2, -0.15) is 0 Å². The average Bonchev–Trinajstić information content (AvgIpc) is 2.40. The van der Waals surface area contributed by atoms with E-state index in [1.165, 1.54) is 21.5 Å². The predicted molar refractivity (Wildman–Crippen MR) is 54.8 cm³/mol. The number of aryl methyl sites for hydroxylation is 1. The van der Waals surface area contributed by atoms with Crippen molar-refractivity contribution in [1.82, 2.24) is 4.98 Å². The smallest absolute Gasteiger partial charge is 0.0467 e. The van der Waals surface area contributed by atoms with Crippen LogP contribution in [-0.2, 0) is 0 Å². The number of benzene rings is 1. The number of thioether (sulfide) groups is 1. The Balaban J connectivity index is 2.81. The molecular weight excluding hydrogens is 166 g/mol. The first kappa shape index (κ1) is 7.74. The molecule has 0 aliphatic carbocycles. The highest BCUT2D eigenvalue weighted by Gasteiger charge is 2.04. The molecule has 12 heavy (non-hydrogen) atoms. The molecule has 0 bridgehead atoms. The Morgan fingerprint density at radius 1 is 1.25 bits per heavy atom. The monoisotopic (exact) mass is 177 g/mol. The zero-order valence-corrected chi connectivity index (χ0v) is 8.03. The van der Waals surface area contributed by atoms with Crippen molar-refractivity contribution in [2.24, 2.45) is 0 Å². The third-order valence-electron chi connectivity index (χ3n) is 2.04. The Morgan fingerprint density at radius 3 is 2.75 bits per heavy atom. The SMILES string of the molecule is CSc1c(C)[nH]c2ccccc12. The molecule has 0 aliphatic heterocycles. The molecule has 0 atom stereocenters. The summed E-state index contributed by atoms with van der Waals surface area (Å²) in [5, 5.41) is 1.34. The second-order valence-electron chi connectivity index (χ2n) is 2.83. The van der Waals surface area contributed by atoms with E-state index in [0.717, 1.165) is 0 Å². The molecule has 0 radical (unpaired) electrons. The number of hydrogen-bond donors (Lipinski definition) is 1. The van der Waals surface area contributed by atoms with Crippen LogP contribution in [0.2, 0.25) is 0 Å². The van der Waals surface area contributed by atoms with Crippen molar-refractivity contribution in [2.75, 3.05) is 6.26 Å². The minimum Gasteiger partial charge on any atom is -0.358 e. The number of nitrogens with one attached hydrogen (secondary N) is 1. The fourth-order valence-corrected chi connectivity index (χ4v) is 2.27. The Hall–Kier alpha value is -0.890. The molecule has 2 aromatic rings. The molecule has 1 nitrogen and oxygen atoms in total. The summed E-state index contributed by atoms with van der Waals surface area (Å²) in [7, 11) is 0. The number of H-pyrrole nitrogens is 1. The van der Waals surface area contributed by atoms with E-state index in [9.17, 15) is 0 Å². The maximum Gasteiger partial charge on any atom is 0.0467 e. The van der Waals surface area contributed by atoms with E-state index >= 15 is 0 Å². The van der Waals surface area contributed by atoms with Crippen LogP contribution in [-0.4, -0.2) is 11.2 Å². The Kier molecular flexibility index (Phi) is 1.85. The number of fused-ring (bicyclic) bond motifs is 1. The maximum atomic E-state index is 3.36. The second kappa shape index (κ2) is 2.87. The summed E-state index contributed by atoms with van der Waals surface area (Å²) in [6, 6.07) is 8.41. The Morgan fingerprint density at radius 2 is 2.00 bits per heavy atom. The van der Waals surface area contributed by atoms with E-state index in [-0.39, 0.29) is 0 Å². The predicted octanol–water partition coefficient (Wildman–Crippen LogP) is 3.20. The topological polar surface area (TPSA) is 15.8 Å². The number of hydrogen-bond acceptors (Lipinski definition) is 1. The highest BCUT2D eigenvalue weighted by Crippen LogP contribution is 2.29. The van der Waals surface area contributed by atoms with E-state index < -0.39 is 0 Å². The summed E-state index contributed by atoms with van der Waals surface area (Å²) in [6.07, 6.45) is 2.11. The zero-order valence-electron chi connectivity index (χ0n) is 7.22. The molecule has 0 amide bonds. The normalized spacial score (nSPS) is 10.8. The fourth-order valence-electron chi connectivity index (χ4n) is 1.51. The van der Waals surface area contributed by atoms with Gasteiger partial charge in [-0.3, -0.25) is 0 Å². The van der Waals surface area contributed by atoms with Crippen molar-refractivity contribution in [1.29, 1.82) is 0 Å². The fraction of sp³-hybridized carbons (Fsp3) is 0.200. The maximum absolute atomic E-state index is 3.36. The lowest BCUT2D eigenvalue weighted by atomic mass is 10.2. The van der Waals surface area contributed by atoms with Crippen molar-refractivity contribution in [2.45, 2.75) is 11.8 Å². The summed E-state index contributed by atoms with van der Waals surface area (Å²) in [5.74, 6) is 0. The van der Waals surface area contributed by atoms with Crippen LogP contribution < -0.4 is 0 Å². The van der Waals surface area contributed by atoms with E-state index in [0.29, 0.717) is 0 Å². The molecule has 0 saturated carbocycles. The molecule has 62 valence electrons. The van der Waals surface area contributed by atoms with Crippen LogP contribution in [0.15, 0.2) is 29.2 Å². The third-order valence-corrected chi connectivity index (χ3v) is 2.97. The molecular formula is C10H11NS. The van der Waals surface area contributed by atoms with Gasteiger partial charge in [0, 0.05) is 21.5 Å². The molecule has 1 aromatic heterocycles. The molecule has 2 rings (SSSR count). The summed E-state index contributed by atoms with van der Waals surface area (Å²) >= 11 is 1.80. The molecule has 2 heteroatoms. The molecule has 0 spiro atoms. The highest BCUT2D eigenvalue weighted by molar-refractivity contribution is 7.98. The lowest BCUT2D eigenvalue weighted by molar-refractivity contribution is 1.23. The Bertz CT molecular complexity index is 403. The quantitative estimate of drug-likeness (QED) is 0.661. The Labute approximate surface area is 76.2 Å². The number of rotatable bonds is 1. The molecule has 0 unspecified atom stereocenters. The van der Waals surface area contributed by atoms with Crippen LogP contribution in [0.5, 0.6) is 0 Å². The van der Waals surface area contributed by atoms with Gasteiger partial charge in [-0.15, -0.1) is 11.8 Å². The molecule has 1 heterocycles. The van der Waals surface area contributed by atoms with E-state index in [1.54, 1.807) is 11.8 Å². The van der Waals surface area contributed by atoms with Crippen molar-refractivity contribution in [3.05, 3.63) is 30.0 Å². The van der Waals surface area contributed by atoms with Gasteiger partial charge in [-0.1, -0.05) is 18.2 Å². The third kappa shape index (κ3) is 1.03. The standard InChI is InChI=1S/C10H11NS/c1-7-10(12-2)8-5-3-4-6-9(8)11-7/h3-6,11H,1-2H3. The summed E-state index contributed by atoms with van der Waals surface area (Å²) in [4.78, 5) is 4.72. The van der Waals surface area contributed by atoms with Gasteiger partial charge in [-0.05, 0) is 19.2 Å². The van der Waals surface area contributed by atoms with Gasteiger partial charge in [0.1, 0.15) is 0 Å². The first-order chi connectivity index (χ1) is 5.83. The van der Waals surface area contributed by atoms with Gasteiger partial charge in [0.2, 0.25) is 0 Å². The van der Waals surface area contributed by atoms with Crippen LogP contribution >= 0.6 is 11.8 Å². The minimum absolute atomic E-state index is 1.24.